The standard InChI is InChI=1S/C16H15NO2/c18-16(19)17(11-13-7-3-1-4-8-13)12-15(17)14-9-5-2-6-10-14/h1-10,15H,11-12H2/p+1. The van der Waals surface area contributed by atoms with Gasteiger partial charge in [0.05, 0.1) is 0 Å². The van der Waals surface area contributed by atoms with Crippen molar-refractivity contribution in [2.24, 2.45) is 0 Å². The van der Waals surface area contributed by atoms with Gasteiger partial charge >= 0.3 is 6.09 Å². The van der Waals surface area contributed by atoms with Crippen molar-refractivity contribution >= 4 is 6.09 Å². The maximum atomic E-state index is 11.6. The quantitative estimate of drug-likeness (QED) is 0.673. The van der Waals surface area contributed by atoms with E-state index in [2.05, 4.69) is 0 Å². The molecule has 1 aliphatic rings. The van der Waals surface area contributed by atoms with Crippen LogP contribution in [0.4, 0.5) is 4.79 Å². The van der Waals surface area contributed by atoms with Gasteiger partial charge in [0.1, 0.15) is 13.1 Å². The molecule has 1 aliphatic heterocycles. The van der Waals surface area contributed by atoms with E-state index in [0.29, 0.717) is 13.1 Å². The largest absolute Gasteiger partial charge is 0.514 e. The number of benzene rings is 2. The average Bonchev–Trinajstić information content (AvgIpc) is 3.17. The molecule has 2 aromatic rings. The van der Waals surface area contributed by atoms with Gasteiger partial charge in [0.25, 0.3) is 0 Å². The van der Waals surface area contributed by atoms with Gasteiger partial charge in [-0.3, -0.25) is 0 Å². The van der Waals surface area contributed by atoms with Crippen LogP contribution in [0.2, 0.25) is 0 Å². The summed E-state index contributed by atoms with van der Waals surface area (Å²) in [5.74, 6) is 0. The monoisotopic (exact) mass is 254 g/mol. The first-order valence-corrected chi connectivity index (χ1v) is 6.41. The number of quaternary nitrogens is 1. The van der Waals surface area contributed by atoms with E-state index in [1.165, 1.54) is 0 Å². The van der Waals surface area contributed by atoms with Gasteiger partial charge in [0.2, 0.25) is 0 Å². The Bertz CT molecular complexity index is 582. The Kier molecular flexibility index (Phi) is 2.84. The number of amides is 1. The van der Waals surface area contributed by atoms with Gasteiger partial charge in [-0.05, 0) is 0 Å². The van der Waals surface area contributed by atoms with Crippen molar-refractivity contribution < 1.29 is 14.4 Å². The lowest BCUT2D eigenvalue weighted by atomic mass is 10.1. The van der Waals surface area contributed by atoms with Gasteiger partial charge in [0, 0.05) is 11.1 Å². The zero-order chi connectivity index (χ0) is 13.3. The van der Waals surface area contributed by atoms with E-state index in [4.69, 9.17) is 0 Å². The van der Waals surface area contributed by atoms with E-state index >= 15 is 0 Å². The van der Waals surface area contributed by atoms with Gasteiger partial charge < -0.3 is 5.11 Å². The number of carboxylic acid groups (broad SMARTS) is 1. The van der Waals surface area contributed by atoms with Crippen molar-refractivity contribution in [3.63, 3.8) is 0 Å². The predicted octanol–water partition coefficient (Wildman–Crippen LogP) is 3.44. The van der Waals surface area contributed by atoms with Crippen LogP contribution in [0.3, 0.4) is 0 Å². The minimum absolute atomic E-state index is 0.0823. The average molecular weight is 254 g/mol. The molecule has 0 bridgehead atoms. The van der Waals surface area contributed by atoms with E-state index < -0.39 is 6.09 Å². The Morgan fingerprint density at radius 3 is 2.21 bits per heavy atom. The smallest absolute Gasteiger partial charge is 0.435 e. The highest BCUT2D eigenvalue weighted by molar-refractivity contribution is 5.59. The second kappa shape index (κ2) is 4.52. The van der Waals surface area contributed by atoms with Crippen LogP contribution in [-0.4, -0.2) is 22.2 Å². The van der Waals surface area contributed by atoms with Gasteiger partial charge in [-0.2, -0.15) is 4.79 Å². The molecule has 3 rings (SSSR count). The molecule has 2 aromatic carbocycles. The lowest BCUT2D eigenvalue weighted by Crippen LogP contribution is -2.32. The second-order valence-corrected chi connectivity index (χ2v) is 5.07. The lowest BCUT2D eigenvalue weighted by Gasteiger charge is -2.14. The van der Waals surface area contributed by atoms with E-state index in [1.54, 1.807) is 0 Å². The Morgan fingerprint density at radius 2 is 1.63 bits per heavy atom. The van der Waals surface area contributed by atoms with Crippen LogP contribution in [0.1, 0.15) is 17.2 Å². The molecule has 1 amide bonds. The summed E-state index contributed by atoms with van der Waals surface area (Å²) in [7, 11) is 0. The molecule has 3 nitrogen and oxygen atoms in total. The Hall–Kier alpha value is -2.13. The van der Waals surface area contributed by atoms with Gasteiger partial charge in [-0.1, -0.05) is 60.7 Å². The number of carbonyl (C=O) groups is 1. The number of rotatable bonds is 3. The molecule has 1 saturated heterocycles. The van der Waals surface area contributed by atoms with Crippen molar-refractivity contribution in [1.29, 1.82) is 0 Å². The minimum Gasteiger partial charge on any atom is -0.435 e. The summed E-state index contributed by atoms with van der Waals surface area (Å²) in [4.78, 5) is 11.6. The first-order valence-electron chi connectivity index (χ1n) is 6.41. The van der Waals surface area contributed by atoms with Crippen LogP contribution in [0.5, 0.6) is 0 Å². The van der Waals surface area contributed by atoms with E-state index in [1.807, 2.05) is 60.7 Å². The number of hydrogen-bond acceptors (Lipinski definition) is 1. The predicted molar refractivity (Wildman–Crippen MR) is 72.5 cm³/mol. The molecule has 0 spiro atoms. The minimum atomic E-state index is -0.738. The molecular weight excluding hydrogens is 238 g/mol. The molecule has 96 valence electrons. The molecule has 2 atom stereocenters. The molecule has 0 radical (unpaired) electrons. The second-order valence-electron chi connectivity index (χ2n) is 5.07. The fourth-order valence-electron chi connectivity index (χ4n) is 2.69. The van der Waals surface area contributed by atoms with Gasteiger partial charge in [-0.15, -0.1) is 0 Å². The number of hydrogen-bond donors (Lipinski definition) is 1. The van der Waals surface area contributed by atoms with E-state index in [-0.39, 0.29) is 10.5 Å². The molecular formula is C16H16NO2+. The highest BCUT2D eigenvalue weighted by Crippen LogP contribution is 2.46. The van der Waals surface area contributed by atoms with Crippen LogP contribution < -0.4 is 0 Å². The van der Waals surface area contributed by atoms with Crippen molar-refractivity contribution in [2.75, 3.05) is 6.54 Å². The highest BCUT2D eigenvalue weighted by Gasteiger charge is 2.62. The zero-order valence-corrected chi connectivity index (χ0v) is 10.6. The summed E-state index contributed by atoms with van der Waals surface area (Å²) < 4.78 is 0.119. The normalized spacial score (nSPS) is 24.9. The highest BCUT2D eigenvalue weighted by atomic mass is 16.4. The SMILES string of the molecule is O=C(O)[N+]1(Cc2ccccc2)CC1c1ccccc1. The molecule has 19 heavy (non-hydrogen) atoms. The number of nitrogens with zero attached hydrogens (tertiary/aromatic N) is 1. The third kappa shape index (κ3) is 2.13. The third-order valence-electron chi connectivity index (χ3n) is 3.83. The first kappa shape index (κ1) is 11.9. The summed E-state index contributed by atoms with van der Waals surface area (Å²) in [5, 5.41) is 9.57. The molecule has 0 aromatic heterocycles. The third-order valence-corrected chi connectivity index (χ3v) is 3.83. The van der Waals surface area contributed by atoms with Crippen LogP contribution in [-0.2, 0) is 6.54 Å². The molecule has 1 fully saturated rings. The molecule has 1 N–H and O–H groups in total. The van der Waals surface area contributed by atoms with Crippen molar-refractivity contribution in [1.82, 2.24) is 0 Å². The summed E-state index contributed by atoms with van der Waals surface area (Å²) in [6.45, 7) is 1.23. The lowest BCUT2D eigenvalue weighted by molar-refractivity contribution is -0.754. The first-order chi connectivity index (χ1) is 9.22. The van der Waals surface area contributed by atoms with Crippen LogP contribution in [0.25, 0.3) is 0 Å². The molecule has 1 heterocycles. The van der Waals surface area contributed by atoms with Crippen molar-refractivity contribution in [3.8, 4) is 0 Å². The summed E-state index contributed by atoms with van der Waals surface area (Å²) >= 11 is 0. The zero-order valence-electron chi connectivity index (χ0n) is 10.6. The topological polar surface area (TPSA) is 37.3 Å². The summed E-state index contributed by atoms with van der Waals surface area (Å²) in [6, 6.07) is 19.8. The van der Waals surface area contributed by atoms with Crippen molar-refractivity contribution in [3.05, 3.63) is 71.8 Å². The van der Waals surface area contributed by atoms with Crippen LogP contribution >= 0.6 is 0 Å². The van der Waals surface area contributed by atoms with E-state index in [0.717, 1.165) is 11.1 Å². The fourth-order valence-corrected chi connectivity index (χ4v) is 2.69. The Balaban J connectivity index is 1.86. The Morgan fingerprint density at radius 1 is 1.05 bits per heavy atom. The fraction of sp³-hybridized carbons (Fsp3) is 0.188. The van der Waals surface area contributed by atoms with Gasteiger partial charge in [0.15, 0.2) is 6.04 Å². The van der Waals surface area contributed by atoms with Crippen molar-refractivity contribution in [2.45, 2.75) is 12.6 Å². The van der Waals surface area contributed by atoms with E-state index in [9.17, 15) is 9.90 Å². The summed E-state index contributed by atoms with van der Waals surface area (Å²) in [5.41, 5.74) is 2.18. The van der Waals surface area contributed by atoms with Crippen LogP contribution in [0, 0.1) is 0 Å². The molecule has 2 unspecified atom stereocenters. The summed E-state index contributed by atoms with van der Waals surface area (Å²) in [6.07, 6.45) is -0.738. The van der Waals surface area contributed by atoms with Gasteiger partial charge in [-0.25, -0.2) is 4.48 Å². The van der Waals surface area contributed by atoms with Crippen LogP contribution in [0.15, 0.2) is 60.7 Å². The molecule has 0 aliphatic carbocycles. The Labute approximate surface area is 112 Å². The molecule has 0 saturated carbocycles. The maximum absolute atomic E-state index is 11.6. The molecule has 3 heteroatoms. The maximum Gasteiger partial charge on any atom is 0.514 e.